The molecule has 1 aromatic carbocycles. The fourth-order valence-electron chi connectivity index (χ4n) is 3.08. The molecule has 128 valence electrons. The monoisotopic (exact) mass is 325 g/mol. The summed E-state index contributed by atoms with van der Waals surface area (Å²) in [6.07, 6.45) is 8.83. The lowest BCUT2D eigenvalue weighted by Crippen LogP contribution is -2.26. The van der Waals surface area contributed by atoms with Crippen molar-refractivity contribution in [2.45, 2.75) is 40.5 Å². The number of allylic oxidation sites excluding steroid dienone is 4. The van der Waals surface area contributed by atoms with E-state index in [1.807, 2.05) is 43.3 Å². The first-order valence-electron chi connectivity index (χ1n) is 8.40. The van der Waals surface area contributed by atoms with E-state index in [1.165, 1.54) is 12.0 Å². The zero-order chi connectivity index (χ0) is 17.6. The van der Waals surface area contributed by atoms with Gasteiger partial charge in [-0.15, -0.1) is 0 Å². The quantitative estimate of drug-likeness (QED) is 0.450. The molecule has 4 heteroatoms. The van der Waals surface area contributed by atoms with Gasteiger partial charge in [0.25, 0.3) is 0 Å². The molecule has 1 aliphatic rings. The van der Waals surface area contributed by atoms with Gasteiger partial charge in [0, 0.05) is 11.6 Å². The van der Waals surface area contributed by atoms with Crippen molar-refractivity contribution in [2.75, 3.05) is 5.32 Å². The molecule has 0 aliphatic heterocycles. The zero-order valence-corrected chi connectivity index (χ0v) is 15.0. The Morgan fingerprint density at radius 3 is 2.67 bits per heavy atom. The van der Waals surface area contributed by atoms with Crippen molar-refractivity contribution in [1.29, 1.82) is 0 Å². The van der Waals surface area contributed by atoms with Gasteiger partial charge in [-0.25, -0.2) is 10.2 Å². The molecule has 1 atom stereocenters. The van der Waals surface area contributed by atoms with Crippen LogP contribution in [0.1, 0.15) is 40.5 Å². The van der Waals surface area contributed by atoms with E-state index in [4.69, 9.17) is 0 Å². The van der Waals surface area contributed by atoms with Gasteiger partial charge in [0.1, 0.15) is 0 Å². The van der Waals surface area contributed by atoms with Crippen molar-refractivity contribution in [3.8, 4) is 0 Å². The predicted octanol–water partition coefficient (Wildman–Crippen LogP) is 5.12. The number of benzene rings is 1. The zero-order valence-electron chi connectivity index (χ0n) is 15.0. The maximum absolute atomic E-state index is 11.8. The van der Waals surface area contributed by atoms with Crippen LogP contribution in [0.5, 0.6) is 0 Å². The highest BCUT2D eigenvalue weighted by Gasteiger charge is 2.30. The molecule has 0 fully saturated rings. The summed E-state index contributed by atoms with van der Waals surface area (Å²) in [7, 11) is 0. The topological polar surface area (TPSA) is 53.5 Å². The predicted molar refractivity (Wildman–Crippen MR) is 101 cm³/mol. The molecule has 0 aromatic heterocycles. The number of rotatable bonds is 4. The number of nitrogens with one attached hydrogen (secondary N) is 2. The average molecular weight is 325 g/mol. The van der Waals surface area contributed by atoms with Crippen molar-refractivity contribution in [3.05, 3.63) is 54.1 Å². The largest absolute Gasteiger partial charge is 0.339 e. The van der Waals surface area contributed by atoms with Gasteiger partial charge in [-0.3, -0.25) is 0 Å². The molecule has 1 aliphatic carbocycles. The number of anilines is 1. The molecule has 2 amide bonds. The minimum absolute atomic E-state index is 0.258. The lowest BCUT2D eigenvalue weighted by molar-refractivity contribution is 0.252. The number of para-hydroxylation sites is 1. The summed E-state index contributed by atoms with van der Waals surface area (Å²) in [6.45, 7) is 8.68. The van der Waals surface area contributed by atoms with Crippen molar-refractivity contribution >= 4 is 17.4 Å². The van der Waals surface area contributed by atoms with E-state index in [0.29, 0.717) is 5.92 Å². The van der Waals surface area contributed by atoms with E-state index < -0.39 is 0 Å². The molecule has 0 heterocycles. The van der Waals surface area contributed by atoms with Gasteiger partial charge in [0.2, 0.25) is 0 Å². The SMILES string of the molecule is CC1=CCCC(C)(C)C1C=C/C(C)=N/NC(=O)Nc1ccccc1. The lowest BCUT2D eigenvalue weighted by atomic mass is 9.68. The van der Waals surface area contributed by atoms with Gasteiger partial charge in [-0.05, 0) is 50.3 Å². The Bertz CT molecular complexity index is 657. The van der Waals surface area contributed by atoms with Crippen LogP contribution in [0.15, 0.2) is 59.2 Å². The van der Waals surface area contributed by atoms with Crippen LogP contribution >= 0.6 is 0 Å². The summed E-state index contributed by atoms with van der Waals surface area (Å²) in [4.78, 5) is 11.8. The van der Waals surface area contributed by atoms with Crippen LogP contribution in [-0.4, -0.2) is 11.7 Å². The Balaban J connectivity index is 1.92. The Labute approximate surface area is 144 Å². The average Bonchev–Trinajstić information content (AvgIpc) is 2.53. The first kappa shape index (κ1) is 18.0. The second-order valence-electron chi connectivity index (χ2n) is 7.00. The van der Waals surface area contributed by atoms with Gasteiger partial charge in [0.15, 0.2) is 0 Å². The first-order chi connectivity index (χ1) is 11.4. The van der Waals surface area contributed by atoms with Crippen LogP contribution in [0.3, 0.4) is 0 Å². The second-order valence-corrected chi connectivity index (χ2v) is 7.00. The van der Waals surface area contributed by atoms with Crippen molar-refractivity contribution in [3.63, 3.8) is 0 Å². The Morgan fingerprint density at radius 1 is 1.29 bits per heavy atom. The summed E-state index contributed by atoms with van der Waals surface area (Å²) in [5, 5.41) is 6.86. The number of carbonyl (C=O) groups excluding carboxylic acids is 1. The molecule has 24 heavy (non-hydrogen) atoms. The second kappa shape index (κ2) is 7.95. The molecule has 1 aromatic rings. The standard InChI is InChI=1S/C20H27N3O/c1-15-9-8-14-20(3,4)18(15)13-12-16(2)22-23-19(24)21-17-10-6-5-7-11-17/h5-7,9-13,18H,8,14H2,1-4H3,(H2,21,23,24)/b13-12?,22-16+. The van der Waals surface area contributed by atoms with Crippen LogP contribution in [0.4, 0.5) is 10.5 Å². The third-order valence-electron chi connectivity index (χ3n) is 4.48. The van der Waals surface area contributed by atoms with Crippen LogP contribution in [-0.2, 0) is 0 Å². The number of hydrazone groups is 1. The van der Waals surface area contributed by atoms with E-state index in [1.54, 1.807) is 0 Å². The summed E-state index contributed by atoms with van der Waals surface area (Å²) in [5.74, 6) is 0.412. The third-order valence-corrected chi connectivity index (χ3v) is 4.48. The molecular formula is C20H27N3O. The first-order valence-corrected chi connectivity index (χ1v) is 8.40. The molecule has 2 N–H and O–H groups in total. The fraction of sp³-hybridized carbons (Fsp3) is 0.400. The summed E-state index contributed by atoms with van der Waals surface area (Å²) in [6, 6.07) is 8.96. The van der Waals surface area contributed by atoms with Gasteiger partial charge in [-0.1, -0.05) is 49.8 Å². The third kappa shape index (κ3) is 5.08. The molecule has 2 rings (SSSR count). The summed E-state index contributed by atoms with van der Waals surface area (Å²) < 4.78 is 0. The Hall–Kier alpha value is -2.36. The van der Waals surface area contributed by atoms with Crippen LogP contribution in [0.25, 0.3) is 0 Å². The van der Waals surface area contributed by atoms with E-state index in [9.17, 15) is 4.79 Å². The molecular weight excluding hydrogens is 298 g/mol. The summed E-state index contributed by atoms with van der Waals surface area (Å²) in [5.41, 5.74) is 5.70. The smallest absolute Gasteiger partial charge is 0.307 e. The van der Waals surface area contributed by atoms with Gasteiger partial charge in [0.05, 0.1) is 5.71 Å². The number of amides is 2. The van der Waals surface area contributed by atoms with Gasteiger partial charge < -0.3 is 5.32 Å². The molecule has 0 spiro atoms. The van der Waals surface area contributed by atoms with Crippen LogP contribution < -0.4 is 10.7 Å². The Kier molecular flexibility index (Phi) is 5.96. The highest BCUT2D eigenvalue weighted by Crippen LogP contribution is 2.41. The summed E-state index contributed by atoms with van der Waals surface area (Å²) >= 11 is 0. The molecule has 0 saturated heterocycles. The van der Waals surface area contributed by atoms with Gasteiger partial charge in [-0.2, -0.15) is 5.10 Å². The molecule has 0 saturated carbocycles. The molecule has 1 unspecified atom stereocenters. The van der Waals surface area contributed by atoms with Crippen molar-refractivity contribution in [2.24, 2.45) is 16.4 Å². The van der Waals surface area contributed by atoms with E-state index in [-0.39, 0.29) is 11.4 Å². The van der Waals surface area contributed by atoms with Crippen molar-refractivity contribution in [1.82, 2.24) is 5.43 Å². The van der Waals surface area contributed by atoms with E-state index in [2.05, 4.69) is 48.8 Å². The highest BCUT2D eigenvalue weighted by atomic mass is 16.2. The van der Waals surface area contributed by atoms with Crippen LogP contribution in [0.2, 0.25) is 0 Å². The molecule has 0 bridgehead atoms. The van der Waals surface area contributed by atoms with Crippen molar-refractivity contribution < 1.29 is 4.79 Å². The number of nitrogens with zero attached hydrogens (tertiary/aromatic N) is 1. The number of urea groups is 1. The fourth-order valence-corrected chi connectivity index (χ4v) is 3.08. The minimum atomic E-state index is -0.344. The maximum Gasteiger partial charge on any atom is 0.339 e. The van der Waals surface area contributed by atoms with E-state index >= 15 is 0 Å². The molecule has 4 nitrogen and oxygen atoms in total. The van der Waals surface area contributed by atoms with E-state index in [0.717, 1.165) is 17.8 Å². The highest BCUT2D eigenvalue weighted by molar-refractivity contribution is 5.95. The number of carbonyl (C=O) groups is 1. The molecule has 0 radical (unpaired) electrons. The number of hydrogen-bond donors (Lipinski definition) is 2. The van der Waals surface area contributed by atoms with Crippen LogP contribution in [0, 0.1) is 11.3 Å². The maximum atomic E-state index is 11.8. The normalized spacial score (nSPS) is 20.6. The number of hydrogen-bond acceptors (Lipinski definition) is 2. The Morgan fingerprint density at radius 2 is 2.00 bits per heavy atom. The minimum Gasteiger partial charge on any atom is -0.307 e. The van der Waals surface area contributed by atoms with Gasteiger partial charge >= 0.3 is 6.03 Å². The lowest BCUT2D eigenvalue weighted by Gasteiger charge is -2.36.